The maximum atomic E-state index is 9.09. The first-order chi connectivity index (χ1) is 12.7. The SMILES string of the molecule is COc1ccc(N=Nc2ccc(C#N)c(C#N)c2)cc1-c1ccccc1. The average molecular weight is 338 g/mol. The highest BCUT2D eigenvalue weighted by atomic mass is 16.5. The monoisotopic (exact) mass is 338 g/mol. The first-order valence-electron chi connectivity index (χ1n) is 7.84. The Kier molecular flexibility index (Phi) is 5.03. The quantitative estimate of drug-likeness (QED) is 0.587. The van der Waals surface area contributed by atoms with E-state index in [4.69, 9.17) is 15.3 Å². The summed E-state index contributed by atoms with van der Waals surface area (Å²) < 4.78 is 5.43. The van der Waals surface area contributed by atoms with Gasteiger partial charge >= 0.3 is 0 Å². The summed E-state index contributed by atoms with van der Waals surface area (Å²) in [5.74, 6) is 0.750. The normalized spacial score (nSPS) is 10.3. The van der Waals surface area contributed by atoms with Gasteiger partial charge in [0.15, 0.2) is 0 Å². The third kappa shape index (κ3) is 3.58. The molecule has 3 aromatic carbocycles. The molecule has 0 N–H and O–H groups in total. The van der Waals surface area contributed by atoms with E-state index in [0.717, 1.165) is 16.9 Å². The van der Waals surface area contributed by atoms with Gasteiger partial charge < -0.3 is 4.74 Å². The van der Waals surface area contributed by atoms with Gasteiger partial charge in [0.1, 0.15) is 17.9 Å². The zero-order valence-corrected chi connectivity index (χ0v) is 14.0. The Morgan fingerprint density at radius 3 is 2.08 bits per heavy atom. The largest absolute Gasteiger partial charge is 0.496 e. The molecule has 0 fully saturated rings. The fourth-order valence-electron chi connectivity index (χ4n) is 2.50. The molecule has 26 heavy (non-hydrogen) atoms. The smallest absolute Gasteiger partial charge is 0.126 e. The van der Waals surface area contributed by atoms with Gasteiger partial charge in [0, 0.05) is 5.56 Å². The van der Waals surface area contributed by atoms with Gasteiger partial charge in [-0.3, -0.25) is 0 Å². The Morgan fingerprint density at radius 2 is 1.42 bits per heavy atom. The summed E-state index contributed by atoms with van der Waals surface area (Å²) in [7, 11) is 1.63. The summed E-state index contributed by atoms with van der Waals surface area (Å²) in [5, 5.41) is 26.5. The molecule has 0 aromatic heterocycles. The van der Waals surface area contributed by atoms with E-state index in [0.29, 0.717) is 16.9 Å². The lowest BCUT2D eigenvalue weighted by Crippen LogP contribution is -1.87. The van der Waals surface area contributed by atoms with Crippen molar-refractivity contribution < 1.29 is 4.74 Å². The molecule has 0 atom stereocenters. The highest BCUT2D eigenvalue weighted by Gasteiger charge is 2.07. The summed E-state index contributed by atoms with van der Waals surface area (Å²) in [5.41, 5.74) is 3.71. The zero-order chi connectivity index (χ0) is 18.4. The predicted octanol–water partition coefficient (Wildman–Crippen LogP) is 5.52. The van der Waals surface area contributed by atoms with Crippen molar-refractivity contribution in [2.24, 2.45) is 10.2 Å². The van der Waals surface area contributed by atoms with Crippen LogP contribution in [0.2, 0.25) is 0 Å². The van der Waals surface area contributed by atoms with Crippen molar-refractivity contribution in [3.63, 3.8) is 0 Å². The molecule has 0 unspecified atom stereocenters. The van der Waals surface area contributed by atoms with Crippen molar-refractivity contribution >= 4 is 11.4 Å². The van der Waals surface area contributed by atoms with Crippen LogP contribution in [0.5, 0.6) is 5.75 Å². The molecule has 0 aliphatic carbocycles. The third-order valence-electron chi connectivity index (χ3n) is 3.79. The first-order valence-corrected chi connectivity index (χ1v) is 7.84. The lowest BCUT2D eigenvalue weighted by Gasteiger charge is -2.09. The molecule has 0 heterocycles. The van der Waals surface area contributed by atoms with Gasteiger partial charge in [0.2, 0.25) is 0 Å². The fraction of sp³-hybridized carbons (Fsp3) is 0.0476. The van der Waals surface area contributed by atoms with Gasteiger partial charge in [-0.15, -0.1) is 0 Å². The number of nitrogens with zero attached hydrogens (tertiary/aromatic N) is 4. The number of azo groups is 1. The van der Waals surface area contributed by atoms with Crippen molar-refractivity contribution in [2.45, 2.75) is 0 Å². The van der Waals surface area contributed by atoms with E-state index in [1.54, 1.807) is 25.3 Å². The minimum absolute atomic E-state index is 0.281. The van der Waals surface area contributed by atoms with Gasteiger partial charge in [-0.25, -0.2) is 0 Å². The predicted molar refractivity (Wildman–Crippen MR) is 98.5 cm³/mol. The Hall–Kier alpha value is -3.96. The van der Waals surface area contributed by atoms with Crippen molar-refractivity contribution in [1.82, 2.24) is 0 Å². The molecule has 0 amide bonds. The maximum Gasteiger partial charge on any atom is 0.126 e. The lowest BCUT2D eigenvalue weighted by molar-refractivity contribution is 0.416. The molecular weight excluding hydrogens is 324 g/mol. The van der Waals surface area contributed by atoms with Crippen LogP contribution in [0.25, 0.3) is 11.1 Å². The second-order valence-electron chi connectivity index (χ2n) is 5.40. The van der Waals surface area contributed by atoms with Gasteiger partial charge in [-0.2, -0.15) is 20.8 Å². The van der Waals surface area contributed by atoms with Crippen LogP contribution in [0.4, 0.5) is 11.4 Å². The summed E-state index contributed by atoms with van der Waals surface area (Å²) in [6, 6.07) is 24.2. The van der Waals surface area contributed by atoms with Gasteiger partial charge in [0.05, 0.1) is 29.6 Å². The van der Waals surface area contributed by atoms with Crippen LogP contribution >= 0.6 is 0 Å². The number of ether oxygens (including phenoxy) is 1. The number of methoxy groups -OCH3 is 1. The molecule has 0 saturated carbocycles. The van der Waals surface area contributed by atoms with E-state index in [9.17, 15) is 0 Å². The third-order valence-corrected chi connectivity index (χ3v) is 3.79. The second kappa shape index (κ2) is 7.74. The fourth-order valence-corrected chi connectivity index (χ4v) is 2.50. The average Bonchev–Trinajstić information content (AvgIpc) is 2.72. The van der Waals surface area contributed by atoms with Gasteiger partial charge in [0.25, 0.3) is 0 Å². The van der Waals surface area contributed by atoms with Crippen LogP contribution in [0.1, 0.15) is 11.1 Å². The molecule has 5 heteroatoms. The van der Waals surface area contributed by atoms with E-state index >= 15 is 0 Å². The van der Waals surface area contributed by atoms with Crippen LogP contribution in [-0.2, 0) is 0 Å². The Morgan fingerprint density at radius 1 is 0.769 bits per heavy atom. The number of hydrogen-bond acceptors (Lipinski definition) is 5. The molecule has 0 saturated heterocycles. The highest BCUT2D eigenvalue weighted by Crippen LogP contribution is 2.34. The number of hydrogen-bond donors (Lipinski definition) is 0. The van der Waals surface area contributed by atoms with Gasteiger partial charge in [-0.05, 0) is 42.0 Å². The molecule has 0 aliphatic rings. The van der Waals surface area contributed by atoms with Crippen molar-refractivity contribution in [1.29, 1.82) is 10.5 Å². The summed E-state index contributed by atoms with van der Waals surface area (Å²) in [6.07, 6.45) is 0. The summed E-state index contributed by atoms with van der Waals surface area (Å²) >= 11 is 0. The molecule has 3 aromatic rings. The van der Waals surface area contributed by atoms with E-state index in [2.05, 4.69) is 10.2 Å². The highest BCUT2D eigenvalue weighted by molar-refractivity contribution is 5.73. The molecule has 3 rings (SSSR count). The van der Waals surface area contributed by atoms with E-state index in [1.165, 1.54) is 0 Å². The van der Waals surface area contributed by atoms with Crippen LogP contribution in [0.15, 0.2) is 77.0 Å². The summed E-state index contributed by atoms with van der Waals surface area (Å²) in [6.45, 7) is 0. The molecule has 0 bridgehead atoms. The van der Waals surface area contributed by atoms with E-state index < -0.39 is 0 Å². The molecular formula is C21H14N4O. The number of benzene rings is 3. The Balaban J connectivity index is 1.95. The number of rotatable bonds is 4. The second-order valence-corrected chi connectivity index (χ2v) is 5.40. The van der Waals surface area contributed by atoms with E-state index in [1.807, 2.05) is 60.7 Å². The maximum absolute atomic E-state index is 9.09. The van der Waals surface area contributed by atoms with Crippen molar-refractivity contribution in [3.8, 4) is 29.0 Å². The minimum atomic E-state index is 0.281. The van der Waals surface area contributed by atoms with Crippen LogP contribution in [0, 0.1) is 22.7 Å². The molecule has 124 valence electrons. The minimum Gasteiger partial charge on any atom is -0.496 e. The molecule has 0 spiro atoms. The summed E-state index contributed by atoms with van der Waals surface area (Å²) in [4.78, 5) is 0. The van der Waals surface area contributed by atoms with Crippen molar-refractivity contribution in [3.05, 3.63) is 77.9 Å². The molecule has 0 radical (unpaired) electrons. The topological polar surface area (TPSA) is 81.5 Å². The molecule has 0 aliphatic heterocycles. The lowest BCUT2D eigenvalue weighted by atomic mass is 10.0. The Labute approximate surface area is 151 Å². The zero-order valence-electron chi connectivity index (χ0n) is 14.0. The number of nitriles is 2. The standard InChI is InChI=1S/C21H14N4O/c1-26-21-10-9-19(12-20(21)15-5-3-2-4-6-15)25-24-18-8-7-16(13-22)17(11-18)14-23/h2-12H,1H3. The Bertz CT molecular complexity index is 1040. The van der Waals surface area contributed by atoms with Crippen molar-refractivity contribution in [2.75, 3.05) is 7.11 Å². The molecule has 5 nitrogen and oxygen atoms in total. The van der Waals surface area contributed by atoms with Crippen LogP contribution < -0.4 is 4.74 Å². The van der Waals surface area contributed by atoms with Gasteiger partial charge in [-0.1, -0.05) is 30.3 Å². The first kappa shape index (κ1) is 16.9. The van der Waals surface area contributed by atoms with E-state index in [-0.39, 0.29) is 5.56 Å². The van der Waals surface area contributed by atoms with Crippen LogP contribution in [-0.4, -0.2) is 7.11 Å². The van der Waals surface area contributed by atoms with Crippen LogP contribution in [0.3, 0.4) is 0 Å².